The molecule has 1 saturated heterocycles. The van der Waals surface area contributed by atoms with Crippen molar-refractivity contribution in [1.29, 1.82) is 0 Å². The van der Waals surface area contributed by atoms with Crippen LogP contribution in [0.15, 0.2) is 18.2 Å². The smallest absolute Gasteiger partial charge is 0.139 e. The highest BCUT2D eigenvalue weighted by Crippen LogP contribution is 2.41. The zero-order chi connectivity index (χ0) is 12.5. The predicted octanol–water partition coefficient (Wildman–Crippen LogP) is 3.76. The van der Waals surface area contributed by atoms with Crippen molar-refractivity contribution in [3.8, 4) is 5.75 Å². The Morgan fingerprint density at radius 3 is 2.67 bits per heavy atom. The van der Waals surface area contributed by atoms with Crippen LogP contribution in [0.2, 0.25) is 10.0 Å². The average Bonchev–Trinajstić information content (AvgIpc) is 3.06. The third-order valence-corrected chi connectivity index (χ3v) is 4.63. The molecule has 1 saturated carbocycles. The molecule has 4 heteroatoms. The Balaban J connectivity index is 1.77. The van der Waals surface area contributed by atoms with Crippen molar-refractivity contribution in [2.75, 3.05) is 13.1 Å². The van der Waals surface area contributed by atoms with E-state index < -0.39 is 0 Å². The van der Waals surface area contributed by atoms with E-state index in [9.17, 15) is 0 Å². The highest BCUT2D eigenvalue weighted by atomic mass is 35.5. The second kappa shape index (κ2) is 5.28. The second-order valence-electron chi connectivity index (χ2n) is 5.22. The van der Waals surface area contributed by atoms with E-state index >= 15 is 0 Å². The number of hydrogen-bond donors (Lipinski definition) is 1. The number of benzene rings is 1. The maximum absolute atomic E-state index is 6.20. The average molecular weight is 286 g/mol. The number of rotatable bonds is 4. The van der Waals surface area contributed by atoms with Gasteiger partial charge in [-0.25, -0.2) is 0 Å². The van der Waals surface area contributed by atoms with Gasteiger partial charge in [0, 0.05) is 12.5 Å². The Morgan fingerprint density at radius 2 is 2.00 bits per heavy atom. The summed E-state index contributed by atoms with van der Waals surface area (Å²) in [4.78, 5) is 0. The fraction of sp³-hybridized carbons (Fsp3) is 0.571. The summed E-state index contributed by atoms with van der Waals surface area (Å²) >= 11 is 12.2. The minimum Gasteiger partial charge on any atom is -0.488 e. The Hall–Kier alpha value is -0.440. The molecule has 1 aliphatic heterocycles. The van der Waals surface area contributed by atoms with E-state index in [4.69, 9.17) is 27.9 Å². The molecule has 2 aliphatic rings. The number of ether oxygens (including phenoxy) is 1. The highest BCUT2D eigenvalue weighted by molar-refractivity contribution is 6.42. The van der Waals surface area contributed by atoms with Gasteiger partial charge in [0.1, 0.15) is 16.9 Å². The van der Waals surface area contributed by atoms with Crippen LogP contribution in [0.25, 0.3) is 0 Å². The first-order valence-corrected chi connectivity index (χ1v) is 7.32. The van der Waals surface area contributed by atoms with Crippen molar-refractivity contribution >= 4 is 23.2 Å². The molecule has 0 radical (unpaired) electrons. The standard InChI is InChI=1S/C14H17Cl2NO/c15-11-2-1-3-12(13(11)16)18-14(9-4-5-9)10-6-7-17-8-10/h1-3,9-10,14,17H,4-8H2/t10-,14+/m0/s1. The van der Waals surface area contributed by atoms with Gasteiger partial charge in [0.15, 0.2) is 0 Å². The van der Waals surface area contributed by atoms with Gasteiger partial charge in [-0.3, -0.25) is 0 Å². The molecule has 1 aromatic carbocycles. The molecule has 18 heavy (non-hydrogen) atoms. The van der Waals surface area contributed by atoms with Gasteiger partial charge in [0.05, 0.1) is 5.02 Å². The van der Waals surface area contributed by atoms with Crippen molar-refractivity contribution < 1.29 is 4.74 Å². The van der Waals surface area contributed by atoms with Gasteiger partial charge in [0.25, 0.3) is 0 Å². The van der Waals surface area contributed by atoms with Gasteiger partial charge in [-0.05, 0) is 43.9 Å². The minimum absolute atomic E-state index is 0.288. The lowest BCUT2D eigenvalue weighted by Crippen LogP contribution is -2.30. The Labute approximate surface area is 118 Å². The van der Waals surface area contributed by atoms with Crippen molar-refractivity contribution in [2.45, 2.75) is 25.4 Å². The summed E-state index contributed by atoms with van der Waals surface area (Å²) in [7, 11) is 0. The molecule has 0 unspecified atom stereocenters. The highest BCUT2D eigenvalue weighted by Gasteiger charge is 2.39. The fourth-order valence-corrected chi connectivity index (χ4v) is 3.02. The molecule has 2 atom stereocenters. The SMILES string of the molecule is Clc1cccc(O[C@H](C2CC2)[C@H]2CCNC2)c1Cl. The summed E-state index contributed by atoms with van der Waals surface area (Å²) in [6, 6.07) is 5.59. The molecule has 0 bridgehead atoms. The maximum Gasteiger partial charge on any atom is 0.139 e. The summed E-state index contributed by atoms with van der Waals surface area (Å²) in [6.07, 6.45) is 4.04. The summed E-state index contributed by atoms with van der Waals surface area (Å²) in [6.45, 7) is 2.15. The molecule has 3 rings (SSSR count). The topological polar surface area (TPSA) is 21.3 Å². The third-order valence-electron chi connectivity index (χ3n) is 3.83. The van der Waals surface area contributed by atoms with Crippen LogP contribution >= 0.6 is 23.2 Å². The first-order chi connectivity index (χ1) is 8.75. The van der Waals surface area contributed by atoms with Gasteiger partial charge in [-0.2, -0.15) is 0 Å². The van der Waals surface area contributed by atoms with Crippen LogP contribution in [0, 0.1) is 11.8 Å². The van der Waals surface area contributed by atoms with Gasteiger partial charge < -0.3 is 10.1 Å². The third kappa shape index (κ3) is 2.61. The zero-order valence-corrected chi connectivity index (χ0v) is 11.7. The van der Waals surface area contributed by atoms with E-state index in [1.54, 1.807) is 6.07 Å². The Bertz CT molecular complexity index is 428. The minimum atomic E-state index is 0.288. The van der Waals surface area contributed by atoms with Gasteiger partial charge >= 0.3 is 0 Å². The number of hydrogen-bond acceptors (Lipinski definition) is 2. The molecule has 1 aromatic rings. The lowest BCUT2D eigenvalue weighted by molar-refractivity contribution is 0.121. The first kappa shape index (κ1) is 12.6. The van der Waals surface area contributed by atoms with Crippen LogP contribution < -0.4 is 10.1 Å². The molecule has 2 nitrogen and oxygen atoms in total. The number of halogens is 2. The van der Waals surface area contributed by atoms with Gasteiger partial charge in [-0.15, -0.1) is 0 Å². The van der Waals surface area contributed by atoms with Gasteiger partial charge in [-0.1, -0.05) is 29.3 Å². The lowest BCUT2D eigenvalue weighted by Gasteiger charge is -2.25. The molecular formula is C14H17Cl2NO. The van der Waals surface area contributed by atoms with E-state index in [-0.39, 0.29) is 6.10 Å². The molecule has 1 N–H and O–H groups in total. The second-order valence-corrected chi connectivity index (χ2v) is 6.01. The van der Waals surface area contributed by atoms with E-state index in [2.05, 4.69) is 5.32 Å². The van der Waals surface area contributed by atoms with Crippen LogP contribution in [-0.4, -0.2) is 19.2 Å². The summed E-state index contributed by atoms with van der Waals surface area (Å²) in [5, 5.41) is 4.51. The van der Waals surface area contributed by atoms with E-state index in [0.717, 1.165) is 18.8 Å². The van der Waals surface area contributed by atoms with Crippen molar-refractivity contribution in [1.82, 2.24) is 5.32 Å². The first-order valence-electron chi connectivity index (χ1n) is 6.57. The normalized spacial score (nSPS) is 25.1. The summed E-state index contributed by atoms with van der Waals surface area (Å²) < 4.78 is 6.18. The summed E-state index contributed by atoms with van der Waals surface area (Å²) in [5.74, 6) is 2.03. The molecular weight excluding hydrogens is 269 g/mol. The quantitative estimate of drug-likeness (QED) is 0.910. The zero-order valence-electron chi connectivity index (χ0n) is 10.2. The van der Waals surface area contributed by atoms with Crippen LogP contribution in [-0.2, 0) is 0 Å². The maximum atomic E-state index is 6.20. The fourth-order valence-electron chi connectivity index (χ4n) is 2.68. The molecule has 0 amide bonds. The van der Waals surface area contributed by atoms with E-state index in [0.29, 0.717) is 21.9 Å². The lowest BCUT2D eigenvalue weighted by atomic mass is 9.97. The van der Waals surface area contributed by atoms with Crippen LogP contribution in [0.5, 0.6) is 5.75 Å². The van der Waals surface area contributed by atoms with E-state index in [1.165, 1.54) is 19.3 Å². The molecule has 1 aliphatic carbocycles. The molecule has 2 fully saturated rings. The Kier molecular flexibility index (Phi) is 3.69. The van der Waals surface area contributed by atoms with Crippen molar-refractivity contribution in [2.24, 2.45) is 11.8 Å². The monoisotopic (exact) mass is 285 g/mol. The molecule has 0 spiro atoms. The summed E-state index contributed by atoms with van der Waals surface area (Å²) in [5.41, 5.74) is 0. The Morgan fingerprint density at radius 1 is 1.17 bits per heavy atom. The predicted molar refractivity (Wildman–Crippen MR) is 74.6 cm³/mol. The van der Waals surface area contributed by atoms with Crippen molar-refractivity contribution in [3.63, 3.8) is 0 Å². The molecule has 1 heterocycles. The molecule has 0 aromatic heterocycles. The van der Waals surface area contributed by atoms with Crippen LogP contribution in [0.4, 0.5) is 0 Å². The van der Waals surface area contributed by atoms with E-state index in [1.807, 2.05) is 12.1 Å². The van der Waals surface area contributed by atoms with Crippen LogP contribution in [0.1, 0.15) is 19.3 Å². The number of nitrogens with one attached hydrogen (secondary N) is 1. The largest absolute Gasteiger partial charge is 0.488 e. The van der Waals surface area contributed by atoms with Gasteiger partial charge in [0.2, 0.25) is 0 Å². The molecule has 98 valence electrons. The van der Waals surface area contributed by atoms with Crippen LogP contribution in [0.3, 0.4) is 0 Å². The van der Waals surface area contributed by atoms with Crippen molar-refractivity contribution in [3.05, 3.63) is 28.2 Å².